The smallest absolute Gasteiger partial charge is 0.206 e. The van der Waals surface area contributed by atoms with Gasteiger partial charge in [0.05, 0.1) is 18.4 Å². The molecule has 0 aliphatic carbocycles. The van der Waals surface area contributed by atoms with Crippen LogP contribution in [0.25, 0.3) is 0 Å². The largest absolute Gasteiger partial charge is 0.373 e. The number of imidazole rings is 1. The van der Waals surface area contributed by atoms with E-state index >= 15 is 0 Å². The molecule has 1 aliphatic rings. The molecule has 2 heterocycles. The van der Waals surface area contributed by atoms with E-state index in [1.54, 1.807) is 0 Å². The van der Waals surface area contributed by atoms with Crippen LogP contribution in [0, 0.1) is 0 Å². The number of anilines is 1. The molecule has 0 amide bonds. The summed E-state index contributed by atoms with van der Waals surface area (Å²) in [4.78, 5) is 7.03. The number of morpholine rings is 1. The van der Waals surface area contributed by atoms with Crippen LogP contribution in [0.1, 0.15) is 32.5 Å². The topological polar surface area (TPSA) is 56.3 Å². The van der Waals surface area contributed by atoms with Crippen molar-refractivity contribution in [2.45, 2.75) is 39.3 Å². The minimum atomic E-state index is 0.126. The lowest BCUT2D eigenvalue weighted by Crippen LogP contribution is -2.46. The summed E-state index contributed by atoms with van der Waals surface area (Å²) in [7, 11) is 0. The van der Waals surface area contributed by atoms with Gasteiger partial charge in [-0.25, -0.2) is 4.98 Å². The van der Waals surface area contributed by atoms with E-state index < -0.39 is 0 Å². The summed E-state index contributed by atoms with van der Waals surface area (Å²) in [6, 6.07) is 0.423. The number of hydrogen-bond acceptors (Lipinski definition) is 4. The normalized spacial score (nSPS) is 20.7. The highest BCUT2D eigenvalue weighted by Gasteiger charge is 2.23. The van der Waals surface area contributed by atoms with Crippen LogP contribution in [-0.2, 0) is 11.2 Å². The Morgan fingerprint density at radius 2 is 2.33 bits per heavy atom. The Labute approximate surface area is 109 Å². The van der Waals surface area contributed by atoms with Gasteiger partial charge in [-0.2, -0.15) is 0 Å². The zero-order valence-electron chi connectivity index (χ0n) is 11.6. The van der Waals surface area contributed by atoms with E-state index in [1.165, 1.54) is 0 Å². The van der Waals surface area contributed by atoms with Gasteiger partial charge in [-0.15, -0.1) is 0 Å². The second-order valence-electron chi connectivity index (χ2n) is 5.06. The molecule has 5 heteroatoms. The SMILES string of the molecule is CCc1cn(C(C)C)c(N2CCOC(CN)C2)n1. The third-order valence-corrected chi connectivity index (χ3v) is 3.37. The number of rotatable bonds is 4. The van der Waals surface area contributed by atoms with Crippen molar-refractivity contribution in [3.05, 3.63) is 11.9 Å². The van der Waals surface area contributed by atoms with E-state index in [9.17, 15) is 0 Å². The van der Waals surface area contributed by atoms with Crippen molar-refractivity contribution in [2.24, 2.45) is 5.73 Å². The molecule has 1 atom stereocenters. The van der Waals surface area contributed by atoms with Crippen molar-refractivity contribution in [1.29, 1.82) is 0 Å². The van der Waals surface area contributed by atoms with Gasteiger partial charge in [0.2, 0.25) is 5.95 Å². The fourth-order valence-electron chi connectivity index (χ4n) is 2.26. The molecular formula is C13H24N4O. The van der Waals surface area contributed by atoms with Gasteiger partial charge in [-0.05, 0) is 20.3 Å². The molecule has 102 valence electrons. The predicted octanol–water partition coefficient (Wildman–Crippen LogP) is 1.19. The van der Waals surface area contributed by atoms with Crippen molar-refractivity contribution in [3.63, 3.8) is 0 Å². The summed E-state index contributed by atoms with van der Waals surface area (Å²) in [5.41, 5.74) is 6.84. The molecule has 0 radical (unpaired) electrons. The summed E-state index contributed by atoms with van der Waals surface area (Å²) in [6.07, 6.45) is 3.26. The van der Waals surface area contributed by atoms with E-state index in [2.05, 4.69) is 36.4 Å². The number of aryl methyl sites for hydroxylation is 1. The molecule has 0 spiro atoms. The first-order valence-corrected chi connectivity index (χ1v) is 6.80. The molecule has 1 aliphatic heterocycles. The van der Waals surface area contributed by atoms with Crippen LogP contribution in [0.4, 0.5) is 5.95 Å². The van der Waals surface area contributed by atoms with Gasteiger partial charge in [0.1, 0.15) is 0 Å². The maximum atomic E-state index is 5.69. The fraction of sp³-hybridized carbons (Fsp3) is 0.769. The van der Waals surface area contributed by atoms with Crippen LogP contribution >= 0.6 is 0 Å². The minimum Gasteiger partial charge on any atom is -0.373 e. The fourth-order valence-corrected chi connectivity index (χ4v) is 2.26. The highest BCUT2D eigenvalue weighted by Crippen LogP contribution is 2.22. The maximum absolute atomic E-state index is 5.69. The molecule has 5 nitrogen and oxygen atoms in total. The first-order chi connectivity index (χ1) is 8.65. The van der Waals surface area contributed by atoms with Gasteiger partial charge in [0.15, 0.2) is 0 Å². The first-order valence-electron chi connectivity index (χ1n) is 6.80. The molecule has 0 aromatic carbocycles. The van der Waals surface area contributed by atoms with E-state index in [4.69, 9.17) is 15.5 Å². The molecule has 18 heavy (non-hydrogen) atoms. The Balaban J connectivity index is 2.22. The monoisotopic (exact) mass is 252 g/mol. The van der Waals surface area contributed by atoms with Crippen molar-refractivity contribution in [3.8, 4) is 0 Å². The molecule has 1 aromatic rings. The van der Waals surface area contributed by atoms with E-state index in [-0.39, 0.29) is 6.10 Å². The van der Waals surface area contributed by atoms with Gasteiger partial charge in [-0.3, -0.25) is 0 Å². The van der Waals surface area contributed by atoms with Gasteiger partial charge in [0, 0.05) is 31.9 Å². The average molecular weight is 252 g/mol. The highest BCUT2D eigenvalue weighted by molar-refractivity contribution is 5.35. The van der Waals surface area contributed by atoms with Crippen LogP contribution in [0.3, 0.4) is 0 Å². The molecular weight excluding hydrogens is 228 g/mol. The zero-order valence-corrected chi connectivity index (χ0v) is 11.6. The van der Waals surface area contributed by atoms with Gasteiger partial charge < -0.3 is 19.9 Å². The summed E-state index contributed by atoms with van der Waals surface area (Å²) in [5.74, 6) is 1.06. The molecule has 1 fully saturated rings. The Hall–Kier alpha value is -1.07. The number of hydrogen-bond donors (Lipinski definition) is 1. The summed E-state index contributed by atoms with van der Waals surface area (Å²) < 4.78 is 7.86. The molecule has 0 bridgehead atoms. The summed E-state index contributed by atoms with van der Waals surface area (Å²) >= 11 is 0. The maximum Gasteiger partial charge on any atom is 0.206 e. The third kappa shape index (κ3) is 2.67. The standard InChI is InChI=1S/C13H24N4O/c1-4-11-8-17(10(2)3)13(15-11)16-5-6-18-12(7-14)9-16/h8,10,12H,4-7,9,14H2,1-3H3. The number of nitrogens with zero attached hydrogens (tertiary/aromatic N) is 3. The number of ether oxygens (including phenoxy) is 1. The Morgan fingerprint density at radius 3 is 2.94 bits per heavy atom. The van der Waals surface area contributed by atoms with Crippen LogP contribution in [0.2, 0.25) is 0 Å². The number of aromatic nitrogens is 2. The molecule has 2 rings (SSSR count). The van der Waals surface area contributed by atoms with E-state index in [0.717, 1.165) is 37.8 Å². The quantitative estimate of drug-likeness (QED) is 0.874. The molecule has 1 saturated heterocycles. The van der Waals surface area contributed by atoms with Crippen molar-refractivity contribution >= 4 is 5.95 Å². The van der Waals surface area contributed by atoms with Crippen LogP contribution in [0.15, 0.2) is 6.20 Å². The first kappa shape index (κ1) is 13.4. The number of nitrogens with two attached hydrogens (primary N) is 1. The van der Waals surface area contributed by atoms with Gasteiger partial charge in [0.25, 0.3) is 0 Å². The second kappa shape index (κ2) is 5.71. The van der Waals surface area contributed by atoms with E-state index in [0.29, 0.717) is 12.6 Å². The van der Waals surface area contributed by atoms with Gasteiger partial charge in [-0.1, -0.05) is 6.92 Å². The van der Waals surface area contributed by atoms with Crippen molar-refractivity contribution < 1.29 is 4.74 Å². The lowest BCUT2D eigenvalue weighted by atomic mass is 10.3. The Bertz CT molecular complexity index is 388. The van der Waals surface area contributed by atoms with Crippen LogP contribution < -0.4 is 10.6 Å². The molecule has 2 N–H and O–H groups in total. The summed E-state index contributed by atoms with van der Waals surface area (Å²) in [5, 5.41) is 0. The Kier molecular flexibility index (Phi) is 4.24. The predicted molar refractivity (Wildman–Crippen MR) is 73.0 cm³/mol. The van der Waals surface area contributed by atoms with Crippen molar-refractivity contribution in [2.75, 3.05) is 31.1 Å². The van der Waals surface area contributed by atoms with Crippen LogP contribution in [0.5, 0.6) is 0 Å². The van der Waals surface area contributed by atoms with E-state index in [1.807, 2.05) is 0 Å². The molecule has 1 unspecified atom stereocenters. The highest BCUT2D eigenvalue weighted by atomic mass is 16.5. The molecule has 1 aromatic heterocycles. The van der Waals surface area contributed by atoms with Crippen molar-refractivity contribution in [1.82, 2.24) is 9.55 Å². The zero-order chi connectivity index (χ0) is 13.1. The average Bonchev–Trinajstić information content (AvgIpc) is 2.83. The van der Waals surface area contributed by atoms with Gasteiger partial charge >= 0.3 is 0 Å². The second-order valence-corrected chi connectivity index (χ2v) is 5.06. The van der Waals surface area contributed by atoms with Crippen LogP contribution in [-0.4, -0.2) is 41.9 Å². The minimum absolute atomic E-state index is 0.126. The Morgan fingerprint density at radius 1 is 1.56 bits per heavy atom. The third-order valence-electron chi connectivity index (χ3n) is 3.37. The lowest BCUT2D eigenvalue weighted by Gasteiger charge is -2.33. The summed E-state index contributed by atoms with van der Waals surface area (Å²) in [6.45, 7) is 9.54. The molecule has 0 saturated carbocycles. The lowest BCUT2D eigenvalue weighted by molar-refractivity contribution is 0.0457.